The maximum Gasteiger partial charge on any atom is 0.262 e. The van der Waals surface area contributed by atoms with Crippen LogP contribution in [0.4, 0.5) is 5.69 Å². The second-order valence-corrected chi connectivity index (χ2v) is 14.3. The van der Waals surface area contributed by atoms with Gasteiger partial charge >= 0.3 is 0 Å². The molecule has 10 heteroatoms. The van der Waals surface area contributed by atoms with Gasteiger partial charge in [0.05, 0.1) is 11.1 Å². The first-order chi connectivity index (χ1) is 26.3. The van der Waals surface area contributed by atoms with Gasteiger partial charge in [0.2, 0.25) is 5.91 Å². The second-order valence-electron chi connectivity index (χ2n) is 14.3. The lowest BCUT2D eigenvalue weighted by Gasteiger charge is -2.28. The average Bonchev–Trinajstić information content (AvgIpc) is 3.72. The van der Waals surface area contributed by atoms with E-state index in [0.717, 1.165) is 72.4 Å². The standard InChI is InChI=1S/C44H58N6O4/c1-4-7-8-9-10-11-12-17-35(26-27-45-34-24-22-32(23-25-34)41(51)46-28-29-49(5-2)6-3)48-42(52)40(30-33-31-47-39-21-16-15-18-36(33)39)50-43(53)37-19-13-14-20-38(37)44(50)54/h13-16,18-25,31,35,40,45,47H,4-12,17,26-30H2,1-3H3,(H,46,51)(H,48,52). The van der Waals surface area contributed by atoms with Crippen LogP contribution in [-0.4, -0.2) is 83.2 Å². The maximum atomic E-state index is 14.4. The molecular weight excluding hydrogens is 677 g/mol. The maximum absolute atomic E-state index is 14.4. The third kappa shape index (κ3) is 10.6. The molecule has 0 saturated carbocycles. The van der Waals surface area contributed by atoms with Gasteiger partial charge in [-0.2, -0.15) is 0 Å². The van der Waals surface area contributed by atoms with Crippen molar-refractivity contribution in [2.75, 3.05) is 38.0 Å². The van der Waals surface area contributed by atoms with E-state index in [1.807, 2.05) is 54.7 Å². The Morgan fingerprint density at radius 3 is 2.09 bits per heavy atom. The number of imide groups is 1. The summed E-state index contributed by atoms with van der Waals surface area (Å²) < 4.78 is 0. The van der Waals surface area contributed by atoms with Crippen molar-refractivity contribution in [3.63, 3.8) is 0 Å². The van der Waals surface area contributed by atoms with Gasteiger partial charge in [-0.05, 0) is 74.0 Å². The predicted molar refractivity (Wildman–Crippen MR) is 217 cm³/mol. The van der Waals surface area contributed by atoms with Crippen LogP contribution in [0, 0.1) is 0 Å². The molecule has 0 spiro atoms. The number of H-pyrrole nitrogens is 1. The van der Waals surface area contributed by atoms with E-state index in [1.54, 1.807) is 24.3 Å². The average molecular weight is 735 g/mol. The van der Waals surface area contributed by atoms with Gasteiger partial charge in [0.15, 0.2) is 0 Å². The van der Waals surface area contributed by atoms with E-state index in [2.05, 4.69) is 46.6 Å². The second kappa shape index (κ2) is 20.5. The lowest BCUT2D eigenvalue weighted by Crippen LogP contribution is -2.53. The zero-order valence-electron chi connectivity index (χ0n) is 32.3. The number of likely N-dealkylation sites (N-methyl/N-ethyl adjacent to an activating group) is 1. The van der Waals surface area contributed by atoms with Crippen LogP contribution in [0.15, 0.2) is 79.0 Å². The van der Waals surface area contributed by atoms with Crippen LogP contribution >= 0.6 is 0 Å². The van der Waals surface area contributed by atoms with E-state index in [9.17, 15) is 19.2 Å². The zero-order valence-corrected chi connectivity index (χ0v) is 32.3. The summed E-state index contributed by atoms with van der Waals surface area (Å²) in [7, 11) is 0. The molecule has 1 aromatic heterocycles. The highest BCUT2D eigenvalue weighted by Gasteiger charge is 2.43. The Balaban J connectivity index is 1.26. The number of hydrogen-bond acceptors (Lipinski definition) is 6. The van der Waals surface area contributed by atoms with Gasteiger partial charge in [0, 0.05) is 60.4 Å². The number of para-hydroxylation sites is 1. The molecule has 4 amide bonds. The van der Waals surface area contributed by atoms with Crippen LogP contribution in [0.25, 0.3) is 10.9 Å². The molecule has 0 fully saturated rings. The molecule has 3 aromatic carbocycles. The van der Waals surface area contributed by atoms with Gasteiger partial charge in [-0.15, -0.1) is 0 Å². The predicted octanol–water partition coefficient (Wildman–Crippen LogP) is 7.57. The minimum absolute atomic E-state index is 0.0913. The molecule has 4 N–H and O–H groups in total. The number of carbonyl (C=O) groups excluding carboxylic acids is 4. The Morgan fingerprint density at radius 1 is 0.759 bits per heavy atom. The first-order valence-electron chi connectivity index (χ1n) is 20.0. The Bertz CT molecular complexity index is 1800. The van der Waals surface area contributed by atoms with Crippen LogP contribution < -0.4 is 16.0 Å². The molecule has 54 heavy (non-hydrogen) atoms. The Hall–Kier alpha value is -4.96. The van der Waals surface area contributed by atoms with Crippen LogP contribution in [0.2, 0.25) is 0 Å². The lowest BCUT2D eigenvalue weighted by atomic mass is 10.00. The molecule has 2 heterocycles. The highest BCUT2D eigenvalue weighted by atomic mass is 16.2. The van der Waals surface area contributed by atoms with Crippen molar-refractivity contribution < 1.29 is 19.2 Å². The summed E-state index contributed by atoms with van der Waals surface area (Å²) in [6.07, 6.45) is 11.6. The number of anilines is 1. The van der Waals surface area contributed by atoms with Crippen LogP contribution in [0.3, 0.4) is 0 Å². The molecule has 1 aliphatic heterocycles. The molecule has 0 bridgehead atoms. The number of hydrogen-bond donors (Lipinski definition) is 4. The highest BCUT2D eigenvalue weighted by Crippen LogP contribution is 2.28. The Kier molecular flexibility index (Phi) is 15.3. The minimum atomic E-state index is -1.02. The highest BCUT2D eigenvalue weighted by molar-refractivity contribution is 6.23. The lowest BCUT2D eigenvalue weighted by molar-refractivity contribution is -0.125. The summed E-state index contributed by atoms with van der Waals surface area (Å²) in [6.45, 7) is 10.4. The number of carbonyl (C=O) groups is 4. The fraction of sp³-hybridized carbons (Fsp3) is 0.455. The van der Waals surface area contributed by atoms with E-state index in [0.29, 0.717) is 36.2 Å². The largest absolute Gasteiger partial charge is 0.385 e. The first kappa shape index (κ1) is 40.2. The van der Waals surface area contributed by atoms with Gasteiger partial charge in [0.1, 0.15) is 6.04 Å². The topological polar surface area (TPSA) is 127 Å². The van der Waals surface area contributed by atoms with E-state index in [1.165, 1.54) is 25.7 Å². The first-order valence-corrected chi connectivity index (χ1v) is 20.0. The number of nitrogens with one attached hydrogen (secondary N) is 4. The third-order valence-electron chi connectivity index (χ3n) is 10.6. The van der Waals surface area contributed by atoms with Crippen LogP contribution in [-0.2, 0) is 11.2 Å². The fourth-order valence-corrected chi connectivity index (χ4v) is 7.33. The fourth-order valence-electron chi connectivity index (χ4n) is 7.33. The molecule has 0 saturated heterocycles. The van der Waals surface area contributed by atoms with Gasteiger partial charge in [-0.3, -0.25) is 24.1 Å². The quantitative estimate of drug-likeness (QED) is 0.0460. The summed E-state index contributed by atoms with van der Waals surface area (Å²) in [5, 5.41) is 10.7. The van der Waals surface area contributed by atoms with Crippen molar-refractivity contribution in [2.45, 2.75) is 97.1 Å². The number of nitrogens with zero attached hydrogens (tertiary/aromatic N) is 2. The van der Waals surface area contributed by atoms with E-state index >= 15 is 0 Å². The van der Waals surface area contributed by atoms with Crippen molar-refractivity contribution >= 4 is 40.2 Å². The molecule has 10 nitrogen and oxygen atoms in total. The SMILES string of the molecule is CCCCCCCCCC(CCNc1ccc(C(=O)NCCN(CC)CC)cc1)NC(=O)C(Cc1c[nH]c2ccccc12)N1C(=O)c2ccccc2C1=O. The van der Waals surface area contributed by atoms with Crippen molar-refractivity contribution in [3.8, 4) is 0 Å². The minimum Gasteiger partial charge on any atom is -0.385 e. The number of benzene rings is 3. The number of unbranched alkanes of at least 4 members (excludes halogenated alkanes) is 6. The number of amides is 4. The summed E-state index contributed by atoms with van der Waals surface area (Å²) in [4.78, 5) is 61.3. The molecule has 1 aliphatic rings. The van der Waals surface area contributed by atoms with Crippen molar-refractivity contribution in [1.82, 2.24) is 25.4 Å². The summed E-state index contributed by atoms with van der Waals surface area (Å²) in [5.41, 5.74) is 3.95. The smallest absolute Gasteiger partial charge is 0.262 e. The number of fused-ring (bicyclic) bond motifs is 2. The molecule has 0 aliphatic carbocycles. The summed E-state index contributed by atoms with van der Waals surface area (Å²) >= 11 is 0. The van der Waals surface area contributed by atoms with E-state index in [4.69, 9.17) is 0 Å². The molecule has 4 aromatic rings. The van der Waals surface area contributed by atoms with Gasteiger partial charge in [-0.1, -0.05) is 96.0 Å². The summed E-state index contributed by atoms with van der Waals surface area (Å²) in [5.74, 6) is -1.31. The van der Waals surface area contributed by atoms with Crippen molar-refractivity contribution in [3.05, 3.63) is 101 Å². The normalized spacial score (nSPS) is 13.7. The molecule has 2 atom stereocenters. The van der Waals surface area contributed by atoms with Gasteiger partial charge < -0.3 is 25.8 Å². The van der Waals surface area contributed by atoms with E-state index < -0.39 is 17.9 Å². The van der Waals surface area contributed by atoms with Crippen LogP contribution in [0.1, 0.15) is 115 Å². The summed E-state index contributed by atoms with van der Waals surface area (Å²) in [6, 6.07) is 20.9. The monoisotopic (exact) mass is 734 g/mol. The molecule has 2 unspecified atom stereocenters. The van der Waals surface area contributed by atoms with Gasteiger partial charge in [0.25, 0.3) is 17.7 Å². The molecule has 5 rings (SSSR count). The molecule has 0 radical (unpaired) electrons. The Morgan fingerprint density at radius 2 is 1.41 bits per heavy atom. The molecule has 288 valence electrons. The number of aromatic amines is 1. The number of aromatic nitrogens is 1. The third-order valence-corrected chi connectivity index (χ3v) is 10.6. The van der Waals surface area contributed by atoms with Crippen LogP contribution in [0.5, 0.6) is 0 Å². The zero-order chi connectivity index (χ0) is 38.3. The molecular formula is C44H58N6O4. The Labute approximate surface area is 320 Å². The number of rotatable bonds is 23. The van der Waals surface area contributed by atoms with E-state index in [-0.39, 0.29) is 24.3 Å². The van der Waals surface area contributed by atoms with Crippen molar-refractivity contribution in [2.24, 2.45) is 0 Å². The van der Waals surface area contributed by atoms with Crippen molar-refractivity contribution in [1.29, 1.82) is 0 Å². The van der Waals surface area contributed by atoms with Gasteiger partial charge in [-0.25, -0.2) is 0 Å².